The summed E-state index contributed by atoms with van der Waals surface area (Å²) in [4.78, 5) is 0. The molecule has 1 aromatic carbocycles. The number of hydrogen-bond acceptors (Lipinski definition) is 3. The van der Waals surface area contributed by atoms with Crippen molar-refractivity contribution in [3.8, 4) is 11.5 Å². The fourth-order valence-electron chi connectivity index (χ4n) is 1.29. The van der Waals surface area contributed by atoms with Crippen LogP contribution in [0.3, 0.4) is 0 Å². The molecule has 0 unspecified atom stereocenters. The van der Waals surface area contributed by atoms with Gasteiger partial charge in [-0.25, -0.2) is 0 Å². The van der Waals surface area contributed by atoms with Crippen LogP contribution in [-0.4, -0.2) is 20.8 Å². The van der Waals surface area contributed by atoms with Gasteiger partial charge in [0.2, 0.25) is 0 Å². The zero-order valence-corrected chi connectivity index (χ0v) is 9.03. The van der Waals surface area contributed by atoms with Crippen LogP contribution >= 0.6 is 0 Å². The van der Waals surface area contributed by atoms with Crippen molar-refractivity contribution in [1.29, 1.82) is 0 Å². The second-order valence-electron chi connectivity index (χ2n) is 2.86. The molecule has 0 heterocycles. The van der Waals surface area contributed by atoms with Crippen LogP contribution in [0, 0.1) is 7.11 Å². The highest BCUT2D eigenvalue weighted by molar-refractivity contribution is 5.62. The summed E-state index contributed by atoms with van der Waals surface area (Å²) in [5.74, 6) is 1.44. The molecule has 0 atom stereocenters. The largest absolute Gasteiger partial charge is 0.493 e. The molecule has 0 saturated heterocycles. The third-order valence-corrected chi connectivity index (χ3v) is 1.94. The van der Waals surface area contributed by atoms with E-state index in [1.165, 1.54) is 0 Å². The average molecular weight is 207 g/mol. The molecule has 1 aromatic rings. The smallest absolute Gasteiger partial charge is 0.167 e. The lowest BCUT2D eigenvalue weighted by molar-refractivity contribution is 0.282. The summed E-state index contributed by atoms with van der Waals surface area (Å²) in [6.45, 7) is 0.473. The highest BCUT2D eigenvalue weighted by Crippen LogP contribution is 2.31. The molecule has 81 valence electrons. The quantitative estimate of drug-likeness (QED) is 0.742. The molecule has 0 fully saturated rings. The SMILES string of the molecule is [CH2]OCC=Cc1cccc(OC)c1OC. The van der Waals surface area contributed by atoms with Crippen LogP contribution in [-0.2, 0) is 4.74 Å². The highest BCUT2D eigenvalue weighted by Gasteiger charge is 2.05. The predicted octanol–water partition coefficient (Wildman–Crippen LogP) is 2.53. The maximum Gasteiger partial charge on any atom is 0.167 e. The van der Waals surface area contributed by atoms with Gasteiger partial charge in [-0.3, -0.25) is 0 Å². The number of benzene rings is 1. The molecule has 0 amide bonds. The Morgan fingerprint density at radius 1 is 1.27 bits per heavy atom. The molecule has 0 N–H and O–H groups in total. The summed E-state index contributed by atoms with van der Waals surface area (Å²) in [5, 5.41) is 0. The van der Waals surface area contributed by atoms with Gasteiger partial charge in [0, 0.05) is 5.56 Å². The van der Waals surface area contributed by atoms with Gasteiger partial charge in [0.15, 0.2) is 11.5 Å². The number of methoxy groups -OCH3 is 2. The van der Waals surface area contributed by atoms with Crippen LogP contribution in [0.5, 0.6) is 11.5 Å². The zero-order valence-electron chi connectivity index (χ0n) is 9.03. The average Bonchev–Trinajstić information content (AvgIpc) is 2.29. The minimum absolute atomic E-state index is 0.473. The van der Waals surface area contributed by atoms with E-state index in [9.17, 15) is 0 Å². The summed E-state index contributed by atoms with van der Waals surface area (Å²) in [6, 6.07) is 5.71. The predicted molar refractivity (Wildman–Crippen MR) is 59.9 cm³/mol. The third-order valence-electron chi connectivity index (χ3n) is 1.94. The zero-order chi connectivity index (χ0) is 11.1. The number of rotatable bonds is 5. The van der Waals surface area contributed by atoms with E-state index < -0.39 is 0 Å². The summed E-state index contributed by atoms with van der Waals surface area (Å²) in [7, 11) is 6.52. The number of ether oxygens (including phenoxy) is 3. The molecule has 0 aliphatic rings. The lowest BCUT2D eigenvalue weighted by atomic mass is 10.1. The third kappa shape index (κ3) is 2.99. The second-order valence-corrected chi connectivity index (χ2v) is 2.86. The van der Waals surface area contributed by atoms with Crippen LogP contribution in [0.2, 0.25) is 0 Å². The van der Waals surface area contributed by atoms with Gasteiger partial charge >= 0.3 is 0 Å². The van der Waals surface area contributed by atoms with Gasteiger partial charge in [-0.2, -0.15) is 0 Å². The molecule has 0 spiro atoms. The standard InChI is InChI=1S/C12H15O3/c1-13-9-5-7-10-6-4-8-11(14-2)12(10)15-3/h4-8H,1,9H2,2-3H3. The maximum atomic E-state index is 5.27. The van der Waals surface area contributed by atoms with Gasteiger partial charge in [-0.15, -0.1) is 0 Å². The molecule has 3 nitrogen and oxygen atoms in total. The lowest BCUT2D eigenvalue weighted by Crippen LogP contribution is -1.92. The first kappa shape index (κ1) is 11.6. The molecule has 0 aliphatic carbocycles. The van der Waals surface area contributed by atoms with Crippen molar-refractivity contribution in [2.75, 3.05) is 20.8 Å². The normalized spacial score (nSPS) is 10.6. The summed E-state index contributed by atoms with van der Waals surface area (Å²) in [6.07, 6.45) is 3.77. The molecule has 1 radical (unpaired) electrons. The van der Waals surface area contributed by atoms with Crippen molar-refractivity contribution in [3.63, 3.8) is 0 Å². The Labute approximate surface area is 90.3 Å². The van der Waals surface area contributed by atoms with Crippen molar-refractivity contribution in [1.82, 2.24) is 0 Å². The molecule has 0 aliphatic heterocycles. The Morgan fingerprint density at radius 3 is 2.67 bits per heavy atom. The van der Waals surface area contributed by atoms with Crippen LogP contribution in [0.25, 0.3) is 6.08 Å². The summed E-state index contributed by atoms with van der Waals surface area (Å²) >= 11 is 0. The van der Waals surface area contributed by atoms with E-state index in [4.69, 9.17) is 9.47 Å². The van der Waals surface area contributed by atoms with Crippen LogP contribution < -0.4 is 9.47 Å². The van der Waals surface area contributed by atoms with Crippen molar-refractivity contribution in [2.45, 2.75) is 0 Å². The number of para-hydroxylation sites is 1. The monoisotopic (exact) mass is 207 g/mol. The first-order chi connectivity index (χ1) is 7.33. The topological polar surface area (TPSA) is 27.7 Å². The van der Waals surface area contributed by atoms with Crippen LogP contribution in [0.15, 0.2) is 24.3 Å². The fraction of sp³-hybridized carbons (Fsp3) is 0.250. The molecule has 0 bridgehead atoms. The van der Waals surface area contributed by atoms with Crippen molar-refractivity contribution in [2.24, 2.45) is 0 Å². The Kier molecular flexibility index (Phi) is 4.71. The maximum absolute atomic E-state index is 5.27. The Bertz CT molecular complexity index is 332. The van der Waals surface area contributed by atoms with E-state index in [1.807, 2.05) is 30.4 Å². The molecular weight excluding hydrogens is 192 g/mol. The van der Waals surface area contributed by atoms with E-state index in [1.54, 1.807) is 14.2 Å². The molecule has 15 heavy (non-hydrogen) atoms. The lowest BCUT2D eigenvalue weighted by Gasteiger charge is -2.09. The first-order valence-corrected chi connectivity index (χ1v) is 4.58. The number of hydrogen-bond donors (Lipinski definition) is 0. The van der Waals surface area contributed by atoms with Crippen molar-refractivity contribution in [3.05, 3.63) is 36.9 Å². The van der Waals surface area contributed by atoms with E-state index >= 15 is 0 Å². The van der Waals surface area contributed by atoms with Crippen LogP contribution in [0.1, 0.15) is 5.56 Å². The van der Waals surface area contributed by atoms with Gasteiger partial charge in [-0.05, 0) is 6.07 Å². The summed E-state index contributed by atoms with van der Waals surface area (Å²) < 4.78 is 15.1. The van der Waals surface area contributed by atoms with Crippen molar-refractivity contribution >= 4 is 6.08 Å². The minimum atomic E-state index is 0.473. The highest BCUT2D eigenvalue weighted by atomic mass is 16.5. The van der Waals surface area contributed by atoms with Gasteiger partial charge < -0.3 is 14.2 Å². The fourth-order valence-corrected chi connectivity index (χ4v) is 1.29. The van der Waals surface area contributed by atoms with E-state index in [0.717, 1.165) is 17.1 Å². The van der Waals surface area contributed by atoms with E-state index in [2.05, 4.69) is 11.8 Å². The molecule has 0 saturated carbocycles. The Balaban J connectivity index is 2.95. The van der Waals surface area contributed by atoms with E-state index in [0.29, 0.717) is 6.61 Å². The van der Waals surface area contributed by atoms with Gasteiger partial charge in [-0.1, -0.05) is 24.3 Å². The molecule has 0 aromatic heterocycles. The Hall–Kier alpha value is -1.48. The summed E-state index contributed by atoms with van der Waals surface area (Å²) in [5.41, 5.74) is 0.953. The molecule has 1 rings (SSSR count). The van der Waals surface area contributed by atoms with Gasteiger partial charge in [0.1, 0.15) is 0 Å². The Morgan fingerprint density at radius 2 is 2.07 bits per heavy atom. The van der Waals surface area contributed by atoms with E-state index in [-0.39, 0.29) is 0 Å². The van der Waals surface area contributed by atoms with Crippen LogP contribution in [0.4, 0.5) is 0 Å². The van der Waals surface area contributed by atoms with Gasteiger partial charge in [0.25, 0.3) is 0 Å². The van der Waals surface area contributed by atoms with Gasteiger partial charge in [0.05, 0.1) is 27.9 Å². The second kappa shape index (κ2) is 6.09. The molecular formula is C12H15O3. The first-order valence-electron chi connectivity index (χ1n) is 4.58. The minimum Gasteiger partial charge on any atom is -0.493 e. The van der Waals surface area contributed by atoms with Crippen molar-refractivity contribution < 1.29 is 14.2 Å². The molecule has 3 heteroatoms.